The van der Waals surface area contributed by atoms with Gasteiger partial charge in [-0.2, -0.15) is 0 Å². The molecule has 1 saturated heterocycles. The molecule has 1 aromatic rings. The Labute approximate surface area is 147 Å². The van der Waals surface area contributed by atoms with Crippen LogP contribution >= 0.6 is 12.4 Å². The first-order valence-corrected chi connectivity index (χ1v) is 8.67. The van der Waals surface area contributed by atoms with E-state index in [9.17, 15) is 4.79 Å². The van der Waals surface area contributed by atoms with Gasteiger partial charge in [0.05, 0.1) is 5.41 Å². The molecule has 0 aliphatic carbocycles. The lowest BCUT2D eigenvalue weighted by atomic mass is 9.74. The van der Waals surface area contributed by atoms with Gasteiger partial charge in [0, 0.05) is 13.1 Å². The molecule has 23 heavy (non-hydrogen) atoms. The van der Waals surface area contributed by atoms with Crippen molar-refractivity contribution in [3.05, 3.63) is 35.9 Å². The predicted molar refractivity (Wildman–Crippen MR) is 99.2 cm³/mol. The molecule has 2 rings (SSSR count). The van der Waals surface area contributed by atoms with Gasteiger partial charge in [0.15, 0.2) is 0 Å². The quantitative estimate of drug-likeness (QED) is 0.859. The second-order valence-electron chi connectivity index (χ2n) is 6.45. The van der Waals surface area contributed by atoms with Gasteiger partial charge in [0.25, 0.3) is 0 Å². The van der Waals surface area contributed by atoms with Crippen molar-refractivity contribution in [2.75, 3.05) is 26.7 Å². The summed E-state index contributed by atoms with van der Waals surface area (Å²) in [5.74, 6) is 1.04. The van der Waals surface area contributed by atoms with Crippen molar-refractivity contribution in [3.8, 4) is 0 Å². The molecule has 1 aliphatic heterocycles. The second kappa shape index (κ2) is 9.29. The normalized spacial score (nSPS) is 16.0. The van der Waals surface area contributed by atoms with E-state index in [1.807, 2.05) is 25.2 Å². The highest BCUT2D eigenvalue weighted by Gasteiger charge is 2.40. The molecule has 0 bridgehead atoms. The summed E-state index contributed by atoms with van der Waals surface area (Å²) in [6, 6.07) is 10.3. The number of piperidine rings is 1. The SMILES string of the molecule is CCC(CC)(C(=O)N1CCC(CNC)CC1)c1ccccc1.Cl. The first-order valence-electron chi connectivity index (χ1n) is 8.67. The van der Waals surface area contributed by atoms with Crippen molar-refractivity contribution in [3.63, 3.8) is 0 Å². The molecule has 3 nitrogen and oxygen atoms in total. The number of benzene rings is 1. The van der Waals surface area contributed by atoms with Crippen molar-refractivity contribution in [1.82, 2.24) is 10.2 Å². The average molecular weight is 339 g/mol. The Morgan fingerprint density at radius 2 is 1.74 bits per heavy atom. The Bertz CT molecular complexity index is 466. The van der Waals surface area contributed by atoms with Crippen molar-refractivity contribution in [2.45, 2.75) is 44.9 Å². The summed E-state index contributed by atoms with van der Waals surface area (Å²) in [6.45, 7) is 7.15. The van der Waals surface area contributed by atoms with Crippen molar-refractivity contribution in [1.29, 1.82) is 0 Å². The first kappa shape index (κ1) is 20.0. The lowest BCUT2D eigenvalue weighted by molar-refractivity contribution is -0.139. The maximum absolute atomic E-state index is 13.3. The molecule has 1 fully saturated rings. The third-order valence-electron chi connectivity index (χ3n) is 5.34. The van der Waals surface area contributed by atoms with Gasteiger partial charge in [-0.25, -0.2) is 0 Å². The van der Waals surface area contributed by atoms with Gasteiger partial charge in [-0.3, -0.25) is 4.79 Å². The summed E-state index contributed by atoms with van der Waals surface area (Å²) < 4.78 is 0. The van der Waals surface area contributed by atoms with Crippen LogP contribution in [0.4, 0.5) is 0 Å². The standard InChI is InChI=1S/C19H30N2O.ClH/c1-4-19(5-2,17-9-7-6-8-10-17)18(22)21-13-11-16(12-14-21)15-20-3;/h6-10,16,20H,4-5,11-15H2,1-3H3;1H. The van der Waals surface area contributed by atoms with Crippen LogP contribution in [0.1, 0.15) is 45.1 Å². The van der Waals surface area contributed by atoms with Crippen molar-refractivity contribution >= 4 is 18.3 Å². The van der Waals surface area contributed by atoms with E-state index in [0.29, 0.717) is 11.8 Å². The maximum Gasteiger partial charge on any atom is 0.233 e. The Morgan fingerprint density at radius 3 is 2.22 bits per heavy atom. The molecule has 0 radical (unpaired) electrons. The van der Waals surface area contributed by atoms with Crippen LogP contribution in [0.15, 0.2) is 30.3 Å². The second-order valence-corrected chi connectivity index (χ2v) is 6.45. The number of likely N-dealkylation sites (tertiary alicyclic amines) is 1. The number of carbonyl (C=O) groups is 1. The van der Waals surface area contributed by atoms with Crippen molar-refractivity contribution < 1.29 is 4.79 Å². The number of rotatable bonds is 6. The molecule has 1 aliphatic rings. The van der Waals surface area contributed by atoms with Gasteiger partial charge in [-0.05, 0) is 50.8 Å². The van der Waals surface area contributed by atoms with E-state index in [-0.39, 0.29) is 17.8 Å². The minimum atomic E-state index is -0.350. The molecule has 0 spiro atoms. The smallest absolute Gasteiger partial charge is 0.233 e. The van der Waals surface area contributed by atoms with E-state index >= 15 is 0 Å². The number of nitrogens with one attached hydrogen (secondary N) is 1. The lowest BCUT2D eigenvalue weighted by Gasteiger charge is -2.40. The minimum absolute atomic E-state index is 0. The highest BCUT2D eigenvalue weighted by molar-refractivity contribution is 5.88. The monoisotopic (exact) mass is 338 g/mol. The molecule has 130 valence electrons. The van der Waals surface area contributed by atoms with Crippen LogP contribution in [0.3, 0.4) is 0 Å². The van der Waals surface area contributed by atoms with E-state index in [1.165, 1.54) is 5.56 Å². The molecule has 0 aromatic heterocycles. The number of hydrogen-bond acceptors (Lipinski definition) is 2. The fraction of sp³-hybridized carbons (Fsp3) is 0.632. The zero-order chi connectivity index (χ0) is 16.0. The maximum atomic E-state index is 13.3. The van der Waals surface area contributed by atoms with Gasteiger partial charge in [0.2, 0.25) is 5.91 Å². The highest BCUT2D eigenvalue weighted by Crippen LogP contribution is 2.35. The van der Waals surface area contributed by atoms with Gasteiger partial charge < -0.3 is 10.2 Å². The Morgan fingerprint density at radius 1 is 1.17 bits per heavy atom. The Kier molecular flexibility index (Phi) is 8.07. The first-order chi connectivity index (χ1) is 10.7. The molecule has 0 atom stereocenters. The molecule has 4 heteroatoms. The Balaban J connectivity index is 0.00000264. The van der Waals surface area contributed by atoms with Crippen LogP contribution in [-0.2, 0) is 10.2 Å². The van der Waals surface area contributed by atoms with Crippen molar-refractivity contribution in [2.24, 2.45) is 5.92 Å². The summed E-state index contributed by atoms with van der Waals surface area (Å²) in [4.78, 5) is 15.4. The van der Waals surface area contributed by atoms with Gasteiger partial charge in [0.1, 0.15) is 0 Å². The molecule has 0 unspecified atom stereocenters. The fourth-order valence-corrected chi connectivity index (χ4v) is 3.77. The molecule has 0 saturated carbocycles. The molecule has 1 N–H and O–H groups in total. The van der Waals surface area contributed by atoms with Gasteiger partial charge in [-0.15, -0.1) is 12.4 Å². The number of hydrogen-bond donors (Lipinski definition) is 1. The van der Waals surface area contributed by atoms with Crippen LogP contribution < -0.4 is 5.32 Å². The summed E-state index contributed by atoms with van der Waals surface area (Å²) in [6.07, 6.45) is 3.96. The molecule has 1 amide bonds. The minimum Gasteiger partial charge on any atom is -0.342 e. The third-order valence-corrected chi connectivity index (χ3v) is 5.34. The molecular weight excluding hydrogens is 308 g/mol. The van der Waals surface area contributed by atoms with E-state index in [1.54, 1.807) is 0 Å². The molecular formula is C19H31ClN2O. The lowest BCUT2D eigenvalue weighted by Crippen LogP contribution is -2.49. The van der Waals surface area contributed by atoms with Crippen LogP contribution in [0.25, 0.3) is 0 Å². The fourth-order valence-electron chi connectivity index (χ4n) is 3.77. The average Bonchev–Trinajstić information content (AvgIpc) is 2.58. The third kappa shape index (κ3) is 4.27. The Hall–Kier alpha value is -1.06. The molecule has 1 heterocycles. The summed E-state index contributed by atoms with van der Waals surface area (Å²) in [5, 5.41) is 3.26. The van der Waals surface area contributed by atoms with Crippen LogP contribution in [0.2, 0.25) is 0 Å². The van der Waals surface area contributed by atoms with E-state index in [0.717, 1.165) is 45.3 Å². The number of nitrogens with zero attached hydrogens (tertiary/aromatic N) is 1. The zero-order valence-corrected chi connectivity index (χ0v) is 15.5. The predicted octanol–water partition coefficient (Wildman–Crippen LogP) is 3.62. The summed E-state index contributed by atoms with van der Waals surface area (Å²) in [5.41, 5.74) is 0.819. The molecule has 1 aromatic carbocycles. The summed E-state index contributed by atoms with van der Waals surface area (Å²) in [7, 11) is 2.01. The van der Waals surface area contributed by atoms with Gasteiger partial charge in [-0.1, -0.05) is 44.2 Å². The summed E-state index contributed by atoms with van der Waals surface area (Å²) >= 11 is 0. The van der Waals surface area contributed by atoms with E-state index in [4.69, 9.17) is 0 Å². The van der Waals surface area contributed by atoms with E-state index in [2.05, 4.69) is 36.2 Å². The number of amides is 1. The van der Waals surface area contributed by atoms with E-state index < -0.39 is 0 Å². The van der Waals surface area contributed by atoms with Crippen LogP contribution in [0.5, 0.6) is 0 Å². The zero-order valence-electron chi connectivity index (χ0n) is 14.7. The number of carbonyl (C=O) groups excluding carboxylic acids is 1. The van der Waals surface area contributed by atoms with Crippen LogP contribution in [-0.4, -0.2) is 37.5 Å². The van der Waals surface area contributed by atoms with Gasteiger partial charge >= 0.3 is 0 Å². The number of halogens is 1. The largest absolute Gasteiger partial charge is 0.342 e. The topological polar surface area (TPSA) is 32.3 Å². The highest BCUT2D eigenvalue weighted by atomic mass is 35.5. The van der Waals surface area contributed by atoms with Crippen LogP contribution in [0, 0.1) is 5.92 Å².